The Kier molecular flexibility index (Phi) is 4.83. The van der Waals surface area contributed by atoms with E-state index in [4.69, 9.17) is 14.2 Å². The molecule has 0 amide bonds. The van der Waals surface area contributed by atoms with Crippen molar-refractivity contribution in [2.75, 3.05) is 19.2 Å². The van der Waals surface area contributed by atoms with Gasteiger partial charge in [0.15, 0.2) is 16.7 Å². The molecule has 0 N–H and O–H groups in total. The molecule has 1 aliphatic carbocycles. The second kappa shape index (κ2) is 7.75. The lowest BCUT2D eigenvalue weighted by molar-refractivity contribution is 0.173. The number of nitrogens with zero attached hydrogens (tertiary/aromatic N) is 3. The molecule has 0 saturated heterocycles. The summed E-state index contributed by atoms with van der Waals surface area (Å²) in [6.07, 6.45) is 3.33. The number of rotatable bonds is 8. The number of thioether (sulfide) groups is 1. The topological polar surface area (TPSA) is 58.4 Å². The number of aromatic nitrogens is 3. The Bertz CT molecular complexity index is 957. The van der Waals surface area contributed by atoms with Crippen LogP contribution in [0.1, 0.15) is 31.0 Å². The quantitative estimate of drug-likeness (QED) is 0.415. The molecule has 7 heteroatoms. The monoisotopic (exact) mass is 395 g/mol. The maximum absolute atomic E-state index is 5.85. The summed E-state index contributed by atoms with van der Waals surface area (Å²) in [5, 5.41) is 9.88. The van der Waals surface area contributed by atoms with Crippen molar-refractivity contribution in [2.24, 2.45) is 0 Å². The summed E-state index contributed by atoms with van der Waals surface area (Å²) in [6, 6.07) is 16.0. The van der Waals surface area contributed by atoms with Crippen LogP contribution >= 0.6 is 11.8 Å². The van der Waals surface area contributed by atoms with E-state index in [0.29, 0.717) is 12.5 Å². The van der Waals surface area contributed by atoms with Gasteiger partial charge in [-0.1, -0.05) is 30.0 Å². The van der Waals surface area contributed by atoms with Crippen LogP contribution < -0.4 is 14.2 Å². The minimum absolute atomic E-state index is 0.278. The Hall–Kier alpha value is -2.67. The van der Waals surface area contributed by atoms with E-state index in [9.17, 15) is 0 Å². The van der Waals surface area contributed by atoms with Crippen molar-refractivity contribution in [3.8, 4) is 22.9 Å². The van der Waals surface area contributed by atoms with Crippen LogP contribution in [0.3, 0.4) is 0 Å². The average Bonchev–Trinajstić information content (AvgIpc) is 3.32. The van der Waals surface area contributed by atoms with Crippen molar-refractivity contribution >= 4 is 11.8 Å². The highest BCUT2D eigenvalue weighted by Crippen LogP contribution is 2.41. The zero-order chi connectivity index (χ0) is 18.8. The number of hydrogen-bond acceptors (Lipinski definition) is 6. The van der Waals surface area contributed by atoms with Gasteiger partial charge in [-0.2, -0.15) is 0 Å². The van der Waals surface area contributed by atoms with Crippen molar-refractivity contribution in [1.29, 1.82) is 0 Å². The minimum atomic E-state index is 0.278. The number of benzene rings is 2. The largest absolute Gasteiger partial charge is 0.493 e. The first-order chi connectivity index (χ1) is 13.9. The summed E-state index contributed by atoms with van der Waals surface area (Å²) in [4.78, 5) is 0. The normalized spacial score (nSPS) is 15.0. The van der Waals surface area contributed by atoms with Crippen LogP contribution in [0.15, 0.2) is 53.7 Å². The second-order valence-electron chi connectivity index (χ2n) is 6.85. The fraction of sp³-hybridized carbons (Fsp3) is 0.333. The molecule has 0 radical (unpaired) electrons. The Morgan fingerprint density at radius 3 is 2.75 bits per heavy atom. The molecule has 2 aliphatic rings. The molecule has 6 nitrogen and oxygen atoms in total. The van der Waals surface area contributed by atoms with Crippen molar-refractivity contribution in [3.05, 3.63) is 54.4 Å². The molecular weight excluding hydrogens is 374 g/mol. The van der Waals surface area contributed by atoms with Gasteiger partial charge in [0, 0.05) is 23.4 Å². The molecule has 2 heterocycles. The lowest BCUT2D eigenvalue weighted by Crippen LogP contribution is -2.03. The van der Waals surface area contributed by atoms with Gasteiger partial charge in [0.25, 0.3) is 0 Å². The Morgan fingerprint density at radius 2 is 1.89 bits per heavy atom. The summed E-state index contributed by atoms with van der Waals surface area (Å²) >= 11 is 1.73. The maximum Gasteiger partial charge on any atom is 0.231 e. The summed E-state index contributed by atoms with van der Waals surface area (Å²) < 4.78 is 18.8. The van der Waals surface area contributed by atoms with Crippen molar-refractivity contribution in [2.45, 2.75) is 30.3 Å². The fourth-order valence-corrected chi connectivity index (χ4v) is 4.05. The van der Waals surface area contributed by atoms with Gasteiger partial charge in [-0.3, -0.25) is 4.57 Å². The highest BCUT2D eigenvalue weighted by molar-refractivity contribution is 7.99. The highest BCUT2D eigenvalue weighted by Gasteiger charge is 2.30. The summed E-state index contributed by atoms with van der Waals surface area (Å²) in [5.74, 6) is 4.88. The van der Waals surface area contributed by atoms with Crippen molar-refractivity contribution in [3.63, 3.8) is 0 Å². The Labute approximate surface area is 167 Å². The zero-order valence-corrected chi connectivity index (χ0v) is 16.2. The van der Waals surface area contributed by atoms with Gasteiger partial charge in [-0.25, -0.2) is 0 Å². The van der Waals surface area contributed by atoms with E-state index in [1.807, 2.05) is 24.3 Å². The van der Waals surface area contributed by atoms with Crippen LogP contribution in [0.5, 0.6) is 17.2 Å². The summed E-state index contributed by atoms with van der Waals surface area (Å²) in [6.45, 7) is 0.919. The van der Waals surface area contributed by atoms with E-state index in [1.165, 1.54) is 12.8 Å². The van der Waals surface area contributed by atoms with Gasteiger partial charge in [-0.05, 0) is 43.5 Å². The van der Waals surface area contributed by atoms with Crippen LogP contribution in [-0.4, -0.2) is 33.9 Å². The van der Waals surface area contributed by atoms with Gasteiger partial charge in [0.2, 0.25) is 6.79 Å². The number of ether oxygens (including phenoxy) is 3. The zero-order valence-electron chi connectivity index (χ0n) is 15.4. The van der Waals surface area contributed by atoms with Gasteiger partial charge in [0.1, 0.15) is 11.6 Å². The Morgan fingerprint density at radius 1 is 1.04 bits per heavy atom. The predicted molar refractivity (Wildman–Crippen MR) is 107 cm³/mol. The molecule has 5 rings (SSSR count). The van der Waals surface area contributed by atoms with E-state index < -0.39 is 0 Å². The minimum Gasteiger partial charge on any atom is -0.493 e. The first-order valence-electron chi connectivity index (χ1n) is 9.54. The van der Waals surface area contributed by atoms with Crippen LogP contribution in [0.25, 0.3) is 5.69 Å². The average molecular weight is 395 g/mol. The first-order valence-corrected chi connectivity index (χ1v) is 10.5. The molecule has 1 fully saturated rings. The molecule has 1 aromatic heterocycles. The molecule has 0 spiro atoms. The molecule has 2 aromatic carbocycles. The molecule has 1 aliphatic heterocycles. The van der Waals surface area contributed by atoms with Gasteiger partial charge < -0.3 is 14.2 Å². The first kappa shape index (κ1) is 17.4. The number of hydrogen-bond donors (Lipinski definition) is 0. The molecule has 0 bridgehead atoms. The van der Waals surface area contributed by atoms with Gasteiger partial charge >= 0.3 is 0 Å². The number of para-hydroxylation sites is 1. The van der Waals surface area contributed by atoms with Gasteiger partial charge in [-0.15, -0.1) is 10.2 Å². The molecule has 0 atom stereocenters. The third kappa shape index (κ3) is 3.67. The third-order valence-corrected chi connectivity index (χ3v) is 5.76. The van der Waals surface area contributed by atoms with E-state index in [-0.39, 0.29) is 6.79 Å². The fourth-order valence-electron chi connectivity index (χ4n) is 3.18. The van der Waals surface area contributed by atoms with E-state index in [2.05, 4.69) is 39.0 Å². The van der Waals surface area contributed by atoms with Crippen LogP contribution in [-0.2, 0) is 0 Å². The lowest BCUT2D eigenvalue weighted by Gasteiger charge is -2.10. The molecule has 28 heavy (non-hydrogen) atoms. The van der Waals surface area contributed by atoms with E-state index in [1.54, 1.807) is 11.8 Å². The lowest BCUT2D eigenvalue weighted by atomic mass is 10.3. The van der Waals surface area contributed by atoms with E-state index in [0.717, 1.165) is 46.1 Å². The SMILES string of the molecule is c1ccc(-n2c(SCCCOc3ccc4c(c3)OCO4)nnc2C2CC2)cc1. The number of fused-ring (bicyclic) bond motifs is 1. The van der Waals surface area contributed by atoms with Crippen LogP contribution in [0.4, 0.5) is 0 Å². The molecule has 144 valence electrons. The molecule has 0 unspecified atom stereocenters. The van der Waals surface area contributed by atoms with E-state index >= 15 is 0 Å². The van der Waals surface area contributed by atoms with Crippen molar-refractivity contribution in [1.82, 2.24) is 14.8 Å². The second-order valence-corrected chi connectivity index (χ2v) is 7.91. The van der Waals surface area contributed by atoms with Crippen LogP contribution in [0, 0.1) is 0 Å². The summed E-state index contributed by atoms with van der Waals surface area (Å²) in [7, 11) is 0. The van der Waals surface area contributed by atoms with Crippen LogP contribution in [0.2, 0.25) is 0 Å². The highest BCUT2D eigenvalue weighted by atomic mass is 32.2. The smallest absolute Gasteiger partial charge is 0.231 e. The molecule has 1 saturated carbocycles. The standard InChI is InChI=1S/C21H21N3O3S/c1-2-5-16(6-3-1)24-20(15-7-8-15)22-23-21(24)28-12-4-11-25-17-9-10-18-19(13-17)27-14-26-18/h1-3,5-6,9-10,13,15H,4,7-8,11-12,14H2. The molecule has 3 aromatic rings. The van der Waals surface area contributed by atoms with Gasteiger partial charge in [0.05, 0.1) is 6.61 Å². The Balaban J connectivity index is 1.18. The summed E-state index contributed by atoms with van der Waals surface area (Å²) in [5.41, 5.74) is 1.13. The maximum atomic E-state index is 5.85. The predicted octanol–water partition coefficient (Wildman–Crippen LogP) is 4.43. The van der Waals surface area contributed by atoms with Crippen molar-refractivity contribution < 1.29 is 14.2 Å². The molecular formula is C21H21N3O3S. The third-order valence-electron chi connectivity index (χ3n) is 4.75.